The van der Waals surface area contributed by atoms with E-state index in [1.54, 1.807) is 13.2 Å². The van der Waals surface area contributed by atoms with Gasteiger partial charge in [-0.2, -0.15) is 15.4 Å². The molecule has 0 unspecified atom stereocenters. The van der Waals surface area contributed by atoms with Crippen molar-refractivity contribution in [2.75, 3.05) is 6.54 Å². The molecule has 0 aliphatic heterocycles. The molecule has 0 fully saturated rings. The van der Waals surface area contributed by atoms with Crippen LogP contribution >= 0.6 is 0 Å². The lowest BCUT2D eigenvalue weighted by Crippen LogP contribution is -2.28. The van der Waals surface area contributed by atoms with Crippen molar-refractivity contribution in [1.82, 2.24) is 25.3 Å². The van der Waals surface area contributed by atoms with E-state index in [0.29, 0.717) is 18.5 Å². The van der Waals surface area contributed by atoms with Crippen LogP contribution in [0.15, 0.2) is 41.3 Å². The van der Waals surface area contributed by atoms with Gasteiger partial charge in [0.1, 0.15) is 0 Å². The minimum atomic E-state index is -0.266. The molecule has 2 aromatic heterocycles. The second-order valence-corrected chi connectivity index (χ2v) is 4.94. The quantitative estimate of drug-likeness (QED) is 0.738. The average Bonchev–Trinajstić information content (AvgIpc) is 3.04. The van der Waals surface area contributed by atoms with Gasteiger partial charge in [-0.05, 0) is 6.07 Å². The van der Waals surface area contributed by atoms with Gasteiger partial charge in [-0.15, -0.1) is 0 Å². The van der Waals surface area contributed by atoms with Gasteiger partial charge < -0.3 is 9.88 Å². The predicted molar refractivity (Wildman–Crippen MR) is 81.6 cm³/mol. The number of fused-ring (bicyclic) bond motifs is 1. The molecule has 0 saturated carbocycles. The summed E-state index contributed by atoms with van der Waals surface area (Å²) in [5.41, 5.74) is 1.69. The maximum atomic E-state index is 12.3. The Bertz CT molecular complexity index is 867. The van der Waals surface area contributed by atoms with Crippen molar-refractivity contribution in [2.45, 2.75) is 6.42 Å². The predicted octanol–water partition coefficient (Wildman–Crippen LogP) is 0.629. The molecule has 0 bridgehead atoms. The van der Waals surface area contributed by atoms with Crippen LogP contribution < -0.4 is 10.9 Å². The van der Waals surface area contributed by atoms with Crippen LogP contribution in [0.1, 0.15) is 16.1 Å². The zero-order valence-electron chi connectivity index (χ0n) is 12.0. The monoisotopic (exact) mass is 297 g/mol. The molecule has 0 atom stereocenters. The third-order valence-corrected chi connectivity index (χ3v) is 3.53. The molecule has 0 aliphatic carbocycles. The van der Waals surface area contributed by atoms with E-state index in [1.165, 1.54) is 10.6 Å². The van der Waals surface area contributed by atoms with Crippen LogP contribution in [0.5, 0.6) is 0 Å². The van der Waals surface area contributed by atoms with Crippen LogP contribution in [0.3, 0.4) is 0 Å². The Morgan fingerprint density at radius 3 is 2.95 bits per heavy atom. The molecule has 0 spiro atoms. The number of benzene rings is 1. The highest BCUT2D eigenvalue weighted by Gasteiger charge is 2.13. The summed E-state index contributed by atoms with van der Waals surface area (Å²) < 4.78 is 1.53. The highest BCUT2D eigenvalue weighted by atomic mass is 16.2. The summed E-state index contributed by atoms with van der Waals surface area (Å²) in [6.45, 7) is 0.425. The fourth-order valence-electron chi connectivity index (χ4n) is 2.34. The zero-order valence-corrected chi connectivity index (χ0v) is 12.0. The second-order valence-electron chi connectivity index (χ2n) is 4.94. The minimum Gasteiger partial charge on any atom is -0.352 e. The van der Waals surface area contributed by atoms with Crippen molar-refractivity contribution in [2.24, 2.45) is 7.05 Å². The van der Waals surface area contributed by atoms with Crippen molar-refractivity contribution >= 4 is 16.8 Å². The zero-order chi connectivity index (χ0) is 15.5. The fraction of sp³-hybridized carbons (Fsp3) is 0.200. The van der Waals surface area contributed by atoms with Crippen molar-refractivity contribution in [3.05, 3.63) is 58.1 Å². The van der Waals surface area contributed by atoms with Crippen molar-refractivity contribution in [1.29, 1.82) is 0 Å². The molecular weight excluding hydrogens is 282 g/mol. The fourth-order valence-corrected chi connectivity index (χ4v) is 2.34. The third-order valence-electron chi connectivity index (χ3n) is 3.53. The highest BCUT2D eigenvalue weighted by Crippen LogP contribution is 2.15. The number of hydrogen-bond donors (Lipinski definition) is 2. The summed E-state index contributed by atoms with van der Waals surface area (Å²) >= 11 is 0. The molecule has 0 aliphatic rings. The number of para-hydroxylation sites is 1. The molecule has 22 heavy (non-hydrogen) atoms. The number of hydrogen-bond acceptors (Lipinski definition) is 4. The molecule has 112 valence electrons. The Kier molecular flexibility index (Phi) is 3.69. The first kappa shape index (κ1) is 14.0. The summed E-state index contributed by atoms with van der Waals surface area (Å²) in [5, 5.41) is 13.7. The summed E-state index contributed by atoms with van der Waals surface area (Å²) in [5.74, 6) is -0.266. The first-order valence-electron chi connectivity index (χ1n) is 6.88. The lowest BCUT2D eigenvalue weighted by Gasteiger charge is -2.10. The molecule has 0 radical (unpaired) electrons. The van der Waals surface area contributed by atoms with Crippen molar-refractivity contribution < 1.29 is 4.79 Å². The van der Waals surface area contributed by atoms with Crippen LogP contribution in [-0.4, -0.2) is 32.4 Å². The van der Waals surface area contributed by atoms with Crippen molar-refractivity contribution in [3.63, 3.8) is 0 Å². The molecule has 3 rings (SSSR count). The summed E-state index contributed by atoms with van der Waals surface area (Å²) in [4.78, 5) is 24.3. The highest BCUT2D eigenvalue weighted by molar-refractivity contribution is 6.06. The molecule has 1 aromatic carbocycles. The largest absolute Gasteiger partial charge is 0.352 e. The molecule has 2 N–H and O–H groups in total. The molecule has 3 aromatic rings. The minimum absolute atomic E-state index is 0.208. The van der Waals surface area contributed by atoms with Crippen LogP contribution in [0.2, 0.25) is 0 Å². The molecule has 2 heterocycles. The van der Waals surface area contributed by atoms with Gasteiger partial charge in [0, 0.05) is 31.5 Å². The Morgan fingerprint density at radius 1 is 1.36 bits per heavy atom. The van der Waals surface area contributed by atoms with Crippen LogP contribution in [0.4, 0.5) is 0 Å². The third kappa shape index (κ3) is 2.60. The number of pyridine rings is 1. The van der Waals surface area contributed by atoms with E-state index < -0.39 is 0 Å². The number of nitrogens with one attached hydrogen (secondary N) is 2. The molecule has 0 saturated heterocycles. The van der Waals surface area contributed by atoms with E-state index in [9.17, 15) is 9.59 Å². The topological polar surface area (TPSA) is 92.7 Å². The van der Waals surface area contributed by atoms with Gasteiger partial charge >= 0.3 is 0 Å². The van der Waals surface area contributed by atoms with Gasteiger partial charge in [0.2, 0.25) is 0 Å². The number of aromatic nitrogens is 4. The van der Waals surface area contributed by atoms with Gasteiger partial charge in [0.05, 0.1) is 23.0 Å². The Labute approximate surface area is 126 Å². The lowest BCUT2D eigenvalue weighted by atomic mass is 10.1. The maximum Gasteiger partial charge on any atom is 0.252 e. The van der Waals surface area contributed by atoms with Gasteiger partial charge in [-0.25, -0.2) is 0 Å². The summed E-state index contributed by atoms with van der Waals surface area (Å²) in [7, 11) is 1.69. The molecular formula is C15H15N5O2. The van der Waals surface area contributed by atoms with E-state index in [2.05, 4.69) is 20.7 Å². The normalized spacial score (nSPS) is 10.8. The number of aromatic amines is 1. The maximum absolute atomic E-state index is 12.3. The van der Waals surface area contributed by atoms with E-state index in [4.69, 9.17) is 0 Å². The van der Waals surface area contributed by atoms with Gasteiger partial charge in [-0.3, -0.25) is 9.59 Å². The standard InChI is InChI=1S/C15H15N5O2/c1-20-13-5-3-2-4-11(13)12(8-14(20)21)15(22)16-7-6-10-9-17-19-18-10/h2-5,8-9H,6-7H2,1H3,(H,16,22)(H,17,18,19). The number of rotatable bonds is 4. The van der Waals surface area contributed by atoms with Crippen LogP contribution in [-0.2, 0) is 13.5 Å². The Morgan fingerprint density at radius 2 is 2.18 bits per heavy atom. The SMILES string of the molecule is Cn1c(=O)cc(C(=O)NCCc2cn[nH]n2)c2ccccc21. The van der Waals surface area contributed by atoms with Crippen molar-refractivity contribution in [3.8, 4) is 0 Å². The van der Waals surface area contributed by atoms with E-state index >= 15 is 0 Å². The molecule has 7 heteroatoms. The number of carbonyl (C=O) groups excluding carboxylic acids is 1. The number of H-pyrrole nitrogens is 1. The summed E-state index contributed by atoms with van der Waals surface area (Å²) in [6.07, 6.45) is 2.19. The summed E-state index contributed by atoms with van der Waals surface area (Å²) in [6, 6.07) is 8.71. The number of nitrogens with zero attached hydrogens (tertiary/aromatic N) is 3. The van der Waals surface area contributed by atoms with Crippen LogP contribution in [0.25, 0.3) is 10.9 Å². The van der Waals surface area contributed by atoms with Gasteiger partial charge in [-0.1, -0.05) is 18.2 Å². The van der Waals surface area contributed by atoms with E-state index in [-0.39, 0.29) is 11.5 Å². The Balaban J connectivity index is 1.84. The van der Waals surface area contributed by atoms with Gasteiger partial charge in [0.25, 0.3) is 11.5 Å². The number of amides is 1. The molecule has 7 nitrogen and oxygen atoms in total. The smallest absolute Gasteiger partial charge is 0.252 e. The number of carbonyl (C=O) groups is 1. The first-order valence-corrected chi connectivity index (χ1v) is 6.88. The number of aryl methyl sites for hydroxylation is 1. The molecule has 1 amide bonds. The first-order chi connectivity index (χ1) is 10.7. The van der Waals surface area contributed by atoms with Crippen LogP contribution in [0, 0.1) is 0 Å². The van der Waals surface area contributed by atoms with Gasteiger partial charge in [0.15, 0.2) is 0 Å². The lowest BCUT2D eigenvalue weighted by molar-refractivity contribution is 0.0955. The van der Waals surface area contributed by atoms with E-state index in [0.717, 1.165) is 16.6 Å². The van der Waals surface area contributed by atoms with E-state index in [1.807, 2.05) is 24.3 Å². The Hall–Kier alpha value is -2.96. The average molecular weight is 297 g/mol. The second kappa shape index (κ2) is 5.80.